The highest BCUT2D eigenvalue weighted by Crippen LogP contribution is 2.15. The van der Waals surface area contributed by atoms with E-state index in [1.165, 1.54) is 24.3 Å². The molecule has 0 spiro atoms. The number of hydrogen-bond acceptors (Lipinski definition) is 6. The fourth-order valence-electron chi connectivity index (χ4n) is 1.80. The summed E-state index contributed by atoms with van der Waals surface area (Å²) in [7, 11) is 1.54. The third kappa shape index (κ3) is 4.80. The molecule has 8 heteroatoms. The van der Waals surface area contributed by atoms with Crippen LogP contribution in [0.5, 0.6) is 5.75 Å². The Bertz CT molecular complexity index is 836. The number of methoxy groups -OCH3 is 1. The molecule has 2 rings (SSSR count). The van der Waals surface area contributed by atoms with Crippen molar-refractivity contribution >= 4 is 29.0 Å². The van der Waals surface area contributed by atoms with Crippen LogP contribution in [0.3, 0.4) is 0 Å². The lowest BCUT2D eigenvalue weighted by atomic mass is 10.2. The second-order valence-corrected chi connectivity index (χ2v) is 4.75. The Morgan fingerprint density at radius 3 is 2.20 bits per heavy atom. The van der Waals surface area contributed by atoms with Gasteiger partial charge in [0, 0.05) is 5.69 Å². The quantitative estimate of drug-likeness (QED) is 0.548. The molecule has 0 aliphatic carbocycles. The standard InChI is InChI=1S/C17H14N4O4/c1-25-14-8-6-13(7-9-14)20-21-15(10-18)16(22)19-12-4-2-11(3-5-12)17(23)24/h2-9,20H,1H3,(H,19,22)(H,23,24)/b21-15+. The van der Waals surface area contributed by atoms with E-state index >= 15 is 0 Å². The molecule has 0 heterocycles. The summed E-state index contributed by atoms with van der Waals surface area (Å²) in [6.45, 7) is 0. The lowest BCUT2D eigenvalue weighted by Gasteiger charge is -2.05. The van der Waals surface area contributed by atoms with Gasteiger partial charge in [0.25, 0.3) is 5.91 Å². The number of hydrogen-bond donors (Lipinski definition) is 3. The Labute approximate surface area is 143 Å². The molecule has 0 aliphatic rings. The number of carboxylic acid groups (broad SMARTS) is 1. The fourth-order valence-corrected chi connectivity index (χ4v) is 1.80. The van der Waals surface area contributed by atoms with Crippen molar-refractivity contribution in [1.29, 1.82) is 5.26 Å². The van der Waals surface area contributed by atoms with Crippen molar-refractivity contribution < 1.29 is 19.4 Å². The molecule has 0 unspecified atom stereocenters. The number of anilines is 2. The van der Waals surface area contributed by atoms with Crippen LogP contribution in [0, 0.1) is 11.3 Å². The molecule has 8 nitrogen and oxygen atoms in total. The number of nitrogens with one attached hydrogen (secondary N) is 2. The molecule has 0 radical (unpaired) electrons. The summed E-state index contributed by atoms with van der Waals surface area (Å²) in [4.78, 5) is 22.8. The molecular weight excluding hydrogens is 324 g/mol. The van der Waals surface area contributed by atoms with Gasteiger partial charge in [0.15, 0.2) is 0 Å². The van der Waals surface area contributed by atoms with Gasteiger partial charge in [0.1, 0.15) is 11.8 Å². The highest BCUT2D eigenvalue weighted by Gasteiger charge is 2.12. The number of carbonyl (C=O) groups excluding carboxylic acids is 1. The normalized spacial score (nSPS) is 10.5. The van der Waals surface area contributed by atoms with Gasteiger partial charge < -0.3 is 15.2 Å². The maximum atomic E-state index is 12.0. The first-order valence-corrected chi connectivity index (χ1v) is 7.06. The Kier molecular flexibility index (Phi) is 5.68. The van der Waals surface area contributed by atoms with Crippen LogP contribution < -0.4 is 15.5 Å². The first-order chi connectivity index (χ1) is 12.0. The molecule has 0 bridgehead atoms. The zero-order valence-electron chi connectivity index (χ0n) is 13.2. The van der Waals surface area contributed by atoms with Crippen molar-refractivity contribution in [2.45, 2.75) is 0 Å². The molecule has 0 fully saturated rings. The number of hydrazone groups is 1. The van der Waals surface area contributed by atoms with Crippen molar-refractivity contribution in [2.75, 3.05) is 17.9 Å². The summed E-state index contributed by atoms with van der Waals surface area (Å²) in [5.74, 6) is -1.12. The lowest BCUT2D eigenvalue weighted by Crippen LogP contribution is -2.22. The summed E-state index contributed by atoms with van der Waals surface area (Å²) in [6, 6.07) is 14.0. The number of carbonyl (C=O) groups is 2. The largest absolute Gasteiger partial charge is 0.497 e. The molecule has 126 valence electrons. The predicted molar refractivity (Wildman–Crippen MR) is 91.7 cm³/mol. The van der Waals surface area contributed by atoms with Crippen molar-refractivity contribution in [3.05, 3.63) is 54.1 Å². The van der Waals surface area contributed by atoms with Gasteiger partial charge in [-0.1, -0.05) is 0 Å². The summed E-state index contributed by atoms with van der Waals surface area (Å²) in [5, 5.41) is 24.1. The molecule has 0 aliphatic heterocycles. The van der Waals surface area contributed by atoms with Crippen LogP contribution in [-0.2, 0) is 4.79 Å². The van der Waals surface area contributed by atoms with E-state index in [4.69, 9.17) is 15.1 Å². The predicted octanol–water partition coefficient (Wildman–Crippen LogP) is 2.32. The molecular formula is C17H14N4O4. The van der Waals surface area contributed by atoms with Gasteiger partial charge in [0.05, 0.1) is 18.4 Å². The van der Waals surface area contributed by atoms with Crippen LogP contribution in [0.2, 0.25) is 0 Å². The minimum Gasteiger partial charge on any atom is -0.497 e. The minimum atomic E-state index is -1.07. The van der Waals surface area contributed by atoms with Gasteiger partial charge in [-0.3, -0.25) is 10.2 Å². The van der Waals surface area contributed by atoms with Gasteiger partial charge in [-0.25, -0.2) is 4.79 Å². The second-order valence-electron chi connectivity index (χ2n) is 4.75. The van der Waals surface area contributed by atoms with E-state index in [1.807, 2.05) is 0 Å². The number of benzene rings is 2. The third-order valence-corrected chi connectivity index (χ3v) is 3.10. The molecule has 1 amide bonds. The van der Waals surface area contributed by atoms with Crippen LogP contribution in [0.1, 0.15) is 10.4 Å². The zero-order chi connectivity index (χ0) is 18.2. The Hall–Kier alpha value is -3.86. The van der Waals surface area contributed by atoms with Crippen LogP contribution >= 0.6 is 0 Å². The summed E-state index contributed by atoms with van der Waals surface area (Å²) in [6.07, 6.45) is 0. The van der Waals surface area contributed by atoms with E-state index in [0.717, 1.165) is 0 Å². The molecule has 25 heavy (non-hydrogen) atoms. The van der Waals surface area contributed by atoms with Gasteiger partial charge in [0.2, 0.25) is 5.71 Å². The maximum Gasteiger partial charge on any atom is 0.335 e. The van der Waals surface area contributed by atoms with Crippen molar-refractivity contribution in [2.24, 2.45) is 5.10 Å². The number of nitrogens with zero attached hydrogens (tertiary/aromatic N) is 2. The average molecular weight is 338 g/mol. The van der Waals surface area contributed by atoms with Crippen LogP contribution in [0.4, 0.5) is 11.4 Å². The Balaban J connectivity index is 2.04. The van der Waals surface area contributed by atoms with Gasteiger partial charge in [-0.2, -0.15) is 10.4 Å². The number of ether oxygens (including phenoxy) is 1. The smallest absolute Gasteiger partial charge is 0.335 e. The number of carboxylic acids is 1. The molecule has 3 N–H and O–H groups in total. The average Bonchev–Trinajstić information content (AvgIpc) is 2.63. The maximum absolute atomic E-state index is 12.0. The molecule has 0 saturated heterocycles. The monoisotopic (exact) mass is 338 g/mol. The number of aromatic carboxylic acids is 1. The first-order valence-electron chi connectivity index (χ1n) is 7.06. The van der Waals surface area contributed by atoms with Crippen LogP contribution in [0.15, 0.2) is 53.6 Å². The van der Waals surface area contributed by atoms with E-state index < -0.39 is 11.9 Å². The topological polar surface area (TPSA) is 124 Å². The third-order valence-electron chi connectivity index (χ3n) is 3.10. The SMILES string of the molecule is COc1ccc(N/N=C(\C#N)C(=O)Nc2ccc(C(=O)O)cc2)cc1. The number of rotatable bonds is 6. The van der Waals surface area contributed by atoms with Crippen molar-refractivity contribution in [3.63, 3.8) is 0 Å². The molecule has 2 aromatic rings. The Morgan fingerprint density at radius 1 is 1.08 bits per heavy atom. The summed E-state index contributed by atoms with van der Waals surface area (Å²) >= 11 is 0. The highest BCUT2D eigenvalue weighted by molar-refractivity contribution is 6.48. The summed E-state index contributed by atoms with van der Waals surface area (Å²) in [5.41, 5.74) is 3.25. The molecule has 0 atom stereocenters. The first kappa shape index (κ1) is 17.5. The molecule has 0 saturated carbocycles. The van der Waals surface area contributed by atoms with Gasteiger partial charge in [-0.05, 0) is 48.5 Å². The number of nitriles is 1. The zero-order valence-corrected chi connectivity index (χ0v) is 13.2. The summed E-state index contributed by atoms with van der Waals surface area (Å²) < 4.78 is 5.03. The van der Waals surface area contributed by atoms with E-state index in [0.29, 0.717) is 17.1 Å². The van der Waals surface area contributed by atoms with Crippen molar-refractivity contribution in [1.82, 2.24) is 0 Å². The van der Waals surface area contributed by atoms with E-state index in [2.05, 4.69) is 15.8 Å². The number of amides is 1. The van der Waals surface area contributed by atoms with E-state index in [1.54, 1.807) is 37.4 Å². The molecule has 0 aromatic heterocycles. The lowest BCUT2D eigenvalue weighted by molar-refractivity contribution is -0.110. The van der Waals surface area contributed by atoms with Gasteiger partial charge >= 0.3 is 5.97 Å². The highest BCUT2D eigenvalue weighted by atomic mass is 16.5. The Morgan fingerprint density at radius 2 is 1.68 bits per heavy atom. The van der Waals surface area contributed by atoms with Gasteiger partial charge in [-0.15, -0.1) is 0 Å². The van der Waals surface area contributed by atoms with E-state index in [-0.39, 0.29) is 11.3 Å². The second kappa shape index (κ2) is 8.12. The van der Waals surface area contributed by atoms with Crippen LogP contribution in [0.25, 0.3) is 0 Å². The minimum absolute atomic E-state index is 0.0911. The van der Waals surface area contributed by atoms with E-state index in [9.17, 15) is 9.59 Å². The fraction of sp³-hybridized carbons (Fsp3) is 0.0588. The van der Waals surface area contributed by atoms with Crippen molar-refractivity contribution in [3.8, 4) is 11.8 Å². The van der Waals surface area contributed by atoms with Crippen LogP contribution in [-0.4, -0.2) is 29.8 Å². The molecule has 2 aromatic carbocycles.